The van der Waals surface area contributed by atoms with Crippen LogP contribution in [0.2, 0.25) is 0 Å². The van der Waals surface area contributed by atoms with Gasteiger partial charge in [-0.15, -0.1) is 0 Å². The van der Waals surface area contributed by atoms with Crippen molar-refractivity contribution in [1.82, 2.24) is 4.90 Å². The summed E-state index contributed by atoms with van der Waals surface area (Å²) in [5.74, 6) is 0.239. The monoisotopic (exact) mass is 497 g/mol. The SMILES string of the molecule is COc1cc([C@H]2C(=C(O)c3ccc4c(c3)OCO4)C(=O)C(=O)N2C[C@H]2CCCO2)cc(OC)c1OC. The molecular formula is C26H27NO9. The minimum atomic E-state index is -0.909. The van der Waals surface area contributed by atoms with Crippen LogP contribution in [-0.2, 0) is 14.3 Å². The van der Waals surface area contributed by atoms with Gasteiger partial charge in [-0.05, 0) is 48.7 Å². The maximum atomic E-state index is 13.4. The fourth-order valence-corrected chi connectivity index (χ4v) is 4.88. The predicted molar refractivity (Wildman–Crippen MR) is 127 cm³/mol. The first kappa shape index (κ1) is 23.8. The second-order valence-electron chi connectivity index (χ2n) is 8.61. The molecule has 3 aliphatic heterocycles. The summed E-state index contributed by atoms with van der Waals surface area (Å²) in [6.07, 6.45) is 1.44. The second-order valence-corrected chi connectivity index (χ2v) is 8.61. The molecule has 3 heterocycles. The van der Waals surface area contributed by atoms with E-state index in [4.69, 9.17) is 28.4 Å². The fourth-order valence-electron chi connectivity index (χ4n) is 4.88. The number of ether oxygens (including phenoxy) is 6. The smallest absolute Gasteiger partial charge is 0.295 e. The van der Waals surface area contributed by atoms with Crippen LogP contribution >= 0.6 is 0 Å². The van der Waals surface area contributed by atoms with Crippen LogP contribution in [0.3, 0.4) is 0 Å². The van der Waals surface area contributed by atoms with Gasteiger partial charge in [0.15, 0.2) is 23.0 Å². The normalized spacial score (nSPS) is 22.2. The molecule has 0 spiro atoms. The van der Waals surface area contributed by atoms with Crippen LogP contribution in [0.15, 0.2) is 35.9 Å². The van der Waals surface area contributed by atoms with Crippen molar-refractivity contribution in [2.75, 3.05) is 41.3 Å². The Morgan fingerprint density at radius 3 is 2.39 bits per heavy atom. The van der Waals surface area contributed by atoms with Gasteiger partial charge in [0.2, 0.25) is 12.5 Å². The highest BCUT2D eigenvalue weighted by molar-refractivity contribution is 6.46. The molecule has 0 saturated carbocycles. The van der Waals surface area contributed by atoms with Gasteiger partial charge in [0, 0.05) is 18.7 Å². The number of likely N-dealkylation sites (tertiary alicyclic amines) is 1. The van der Waals surface area contributed by atoms with Crippen LogP contribution < -0.4 is 23.7 Å². The summed E-state index contributed by atoms with van der Waals surface area (Å²) in [4.78, 5) is 28.1. The van der Waals surface area contributed by atoms with Crippen molar-refractivity contribution >= 4 is 17.4 Å². The minimum absolute atomic E-state index is 0.0499. The van der Waals surface area contributed by atoms with Crippen LogP contribution in [0.25, 0.3) is 5.76 Å². The number of hydrogen-bond donors (Lipinski definition) is 1. The van der Waals surface area contributed by atoms with E-state index >= 15 is 0 Å². The van der Waals surface area contributed by atoms with E-state index in [0.29, 0.717) is 46.5 Å². The Labute approximate surface area is 207 Å². The van der Waals surface area contributed by atoms with Crippen LogP contribution in [0.1, 0.15) is 30.0 Å². The number of nitrogens with zero attached hydrogens (tertiary/aromatic N) is 1. The second kappa shape index (κ2) is 9.62. The summed E-state index contributed by atoms with van der Waals surface area (Å²) >= 11 is 0. The molecule has 10 heteroatoms. The zero-order valence-electron chi connectivity index (χ0n) is 20.2. The molecule has 2 aromatic rings. The number of carbonyl (C=O) groups is 2. The number of aliphatic hydroxyl groups excluding tert-OH is 1. The summed E-state index contributed by atoms with van der Waals surface area (Å²) in [5, 5.41) is 11.4. The van der Waals surface area contributed by atoms with Crippen LogP contribution in [0.5, 0.6) is 28.7 Å². The average molecular weight is 498 g/mol. The summed E-state index contributed by atoms with van der Waals surface area (Å²) in [7, 11) is 4.46. The Morgan fingerprint density at radius 2 is 1.75 bits per heavy atom. The largest absolute Gasteiger partial charge is 0.507 e. The number of fused-ring (bicyclic) bond motifs is 1. The summed E-state index contributed by atoms with van der Waals surface area (Å²) in [6, 6.07) is 7.28. The number of aliphatic hydroxyl groups is 1. The van der Waals surface area contributed by atoms with E-state index in [0.717, 1.165) is 12.8 Å². The third-order valence-corrected chi connectivity index (χ3v) is 6.61. The Hall–Kier alpha value is -3.92. The van der Waals surface area contributed by atoms with Gasteiger partial charge in [0.05, 0.1) is 39.0 Å². The molecular weight excluding hydrogens is 470 g/mol. The Morgan fingerprint density at radius 1 is 1.03 bits per heavy atom. The van der Waals surface area contributed by atoms with Crippen molar-refractivity contribution in [3.05, 3.63) is 47.0 Å². The van der Waals surface area contributed by atoms with E-state index < -0.39 is 17.7 Å². The van der Waals surface area contributed by atoms with Crippen LogP contribution in [0.4, 0.5) is 0 Å². The molecule has 0 aliphatic carbocycles. The molecule has 1 N–H and O–H groups in total. The third kappa shape index (κ3) is 3.97. The van der Waals surface area contributed by atoms with E-state index in [9.17, 15) is 14.7 Å². The standard InChI is InChI=1S/C26H27NO9/c1-31-19-10-15(11-20(32-2)25(19)33-3)22-21(23(28)14-6-7-17-18(9-14)36-13-35-17)24(29)26(30)27(22)12-16-5-4-8-34-16/h6-7,9-11,16,22,28H,4-5,8,12-13H2,1-3H3/t16-,22+/m1/s1. The number of ketones is 1. The maximum absolute atomic E-state index is 13.4. The van der Waals surface area contributed by atoms with E-state index in [1.165, 1.54) is 26.2 Å². The lowest BCUT2D eigenvalue weighted by molar-refractivity contribution is -0.140. The topological polar surface area (TPSA) is 113 Å². The molecule has 2 atom stereocenters. The first-order valence-corrected chi connectivity index (χ1v) is 11.6. The van der Waals surface area contributed by atoms with Gasteiger partial charge < -0.3 is 38.4 Å². The van der Waals surface area contributed by atoms with Gasteiger partial charge in [-0.25, -0.2) is 0 Å². The van der Waals surface area contributed by atoms with Gasteiger partial charge >= 0.3 is 0 Å². The van der Waals surface area contributed by atoms with Crippen LogP contribution in [-0.4, -0.2) is 69.1 Å². The van der Waals surface area contributed by atoms with E-state index in [-0.39, 0.29) is 30.8 Å². The first-order valence-electron chi connectivity index (χ1n) is 11.6. The predicted octanol–water partition coefficient (Wildman–Crippen LogP) is 3.04. The van der Waals surface area contributed by atoms with Crippen molar-refractivity contribution in [2.45, 2.75) is 25.0 Å². The molecule has 5 rings (SSSR count). The quantitative estimate of drug-likeness (QED) is 0.350. The van der Waals surface area contributed by atoms with Gasteiger partial charge in [-0.3, -0.25) is 9.59 Å². The van der Waals surface area contributed by atoms with Crippen molar-refractivity contribution in [3.8, 4) is 28.7 Å². The first-order chi connectivity index (χ1) is 17.5. The number of methoxy groups -OCH3 is 3. The third-order valence-electron chi connectivity index (χ3n) is 6.61. The fraction of sp³-hybridized carbons (Fsp3) is 0.385. The highest BCUT2D eigenvalue weighted by Gasteiger charge is 2.47. The number of benzene rings is 2. The lowest BCUT2D eigenvalue weighted by Gasteiger charge is -2.28. The molecule has 10 nitrogen and oxygen atoms in total. The van der Waals surface area contributed by atoms with Crippen molar-refractivity contribution in [1.29, 1.82) is 0 Å². The number of rotatable bonds is 7. The molecule has 36 heavy (non-hydrogen) atoms. The highest BCUT2D eigenvalue weighted by Crippen LogP contribution is 2.46. The summed E-state index contributed by atoms with van der Waals surface area (Å²) < 4.78 is 33.0. The van der Waals surface area contributed by atoms with Gasteiger partial charge in [-0.2, -0.15) is 0 Å². The van der Waals surface area contributed by atoms with Crippen LogP contribution in [0, 0.1) is 0 Å². The molecule has 3 aliphatic rings. The summed E-state index contributed by atoms with van der Waals surface area (Å²) in [5.41, 5.74) is 0.793. The highest BCUT2D eigenvalue weighted by atomic mass is 16.7. The van der Waals surface area contributed by atoms with E-state index in [2.05, 4.69) is 0 Å². The molecule has 2 aromatic carbocycles. The van der Waals surface area contributed by atoms with Crippen molar-refractivity contribution in [3.63, 3.8) is 0 Å². The van der Waals surface area contributed by atoms with Gasteiger partial charge in [0.1, 0.15) is 5.76 Å². The molecule has 2 fully saturated rings. The van der Waals surface area contributed by atoms with Gasteiger partial charge in [0.25, 0.3) is 11.7 Å². The molecule has 0 unspecified atom stereocenters. The molecule has 0 radical (unpaired) electrons. The Bertz CT molecular complexity index is 1210. The zero-order valence-corrected chi connectivity index (χ0v) is 20.2. The number of hydrogen-bond acceptors (Lipinski definition) is 9. The average Bonchev–Trinajstić information content (AvgIpc) is 3.64. The molecule has 2 saturated heterocycles. The Balaban J connectivity index is 1.67. The minimum Gasteiger partial charge on any atom is -0.507 e. The summed E-state index contributed by atoms with van der Waals surface area (Å²) in [6.45, 7) is 0.862. The maximum Gasteiger partial charge on any atom is 0.295 e. The van der Waals surface area contributed by atoms with E-state index in [1.54, 1.807) is 30.3 Å². The number of Topliss-reactive ketones (excluding diaryl/α,β-unsaturated/α-hetero) is 1. The van der Waals surface area contributed by atoms with Crippen molar-refractivity contribution < 1.29 is 43.1 Å². The van der Waals surface area contributed by atoms with E-state index in [1.807, 2.05) is 0 Å². The van der Waals surface area contributed by atoms with Crippen molar-refractivity contribution in [2.24, 2.45) is 0 Å². The van der Waals surface area contributed by atoms with Gasteiger partial charge in [-0.1, -0.05) is 0 Å². The molecule has 0 bridgehead atoms. The molecule has 190 valence electrons. The zero-order chi connectivity index (χ0) is 25.4. The Kier molecular flexibility index (Phi) is 6.36. The lowest BCUT2D eigenvalue weighted by Crippen LogP contribution is -2.36. The number of amides is 1. The molecule has 0 aromatic heterocycles. The molecule has 1 amide bonds. The lowest BCUT2D eigenvalue weighted by atomic mass is 9.94. The number of carbonyl (C=O) groups excluding carboxylic acids is 2.